The molecule has 0 unspecified atom stereocenters. The van der Waals surface area contributed by atoms with Crippen LogP contribution in [0, 0.1) is 0 Å². The number of rotatable bonds is 5. The fourth-order valence-corrected chi connectivity index (χ4v) is 3.57. The minimum atomic E-state index is 0.407. The first-order valence-electron chi connectivity index (χ1n) is 8.40. The van der Waals surface area contributed by atoms with Crippen molar-refractivity contribution in [2.24, 2.45) is 0 Å². The lowest BCUT2D eigenvalue weighted by Gasteiger charge is -2.37. The third-order valence-corrected chi connectivity index (χ3v) is 4.82. The highest BCUT2D eigenvalue weighted by atomic mass is 16.5. The zero-order valence-corrected chi connectivity index (χ0v) is 13.9. The Kier molecular flexibility index (Phi) is 5.16. The van der Waals surface area contributed by atoms with E-state index in [2.05, 4.69) is 59.2 Å². The van der Waals surface area contributed by atoms with Crippen molar-refractivity contribution < 1.29 is 15.4 Å². The fourth-order valence-electron chi connectivity index (χ4n) is 3.57. The maximum atomic E-state index is 5.56. The molecule has 2 aromatic carbocycles. The number of benzene rings is 2. The van der Waals surface area contributed by atoms with Crippen molar-refractivity contribution in [1.82, 2.24) is 0 Å². The molecular formula is C19H27N3O+2. The molecule has 3 rings (SSSR count). The Bertz CT molecular complexity index is 609. The minimum Gasteiger partial charge on any atom is -0.496 e. The van der Waals surface area contributed by atoms with Crippen molar-refractivity contribution in [3.05, 3.63) is 60.2 Å². The number of anilines is 1. The van der Waals surface area contributed by atoms with Crippen LogP contribution in [0.1, 0.15) is 11.6 Å². The minimum absolute atomic E-state index is 0.407. The summed E-state index contributed by atoms with van der Waals surface area (Å²) in [6.45, 7) is 5.33. The molecule has 1 aliphatic rings. The second-order valence-electron chi connectivity index (χ2n) is 6.06. The number of hydrogen-bond acceptors (Lipinski definition) is 2. The van der Waals surface area contributed by atoms with Crippen LogP contribution in [0.3, 0.4) is 0 Å². The zero-order valence-electron chi connectivity index (χ0n) is 13.9. The summed E-state index contributed by atoms with van der Waals surface area (Å²) in [4.78, 5) is 4.09. The zero-order chi connectivity index (χ0) is 16.1. The monoisotopic (exact) mass is 313 g/mol. The molecule has 1 fully saturated rings. The van der Waals surface area contributed by atoms with Gasteiger partial charge in [-0.25, -0.2) is 0 Å². The van der Waals surface area contributed by atoms with E-state index in [4.69, 9.17) is 4.74 Å². The number of quaternary nitrogens is 2. The van der Waals surface area contributed by atoms with Gasteiger partial charge in [-0.05, 0) is 24.3 Å². The van der Waals surface area contributed by atoms with Crippen LogP contribution in [0.15, 0.2) is 54.6 Å². The molecule has 0 saturated carbocycles. The summed E-state index contributed by atoms with van der Waals surface area (Å²) < 4.78 is 5.56. The Labute approximate surface area is 138 Å². The molecule has 0 spiro atoms. The Morgan fingerprint density at radius 2 is 1.70 bits per heavy atom. The van der Waals surface area contributed by atoms with Crippen molar-refractivity contribution in [1.29, 1.82) is 0 Å². The van der Waals surface area contributed by atoms with E-state index >= 15 is 0 Å². The highest BCUT2D eigenvalue weighted by Crippen LogP contribution is 2.22. The highest BCUT2D eigenvalue weighted by molar-refractivity contribution is 5.46. The van der Waals surface area contributed by atoms with Crippen molar-refractivity contribution in [2.75, 3.05) is 44.7 Å². The first-order chi connectivity index (χ1) is 11.3. The number of piperazine rings is 1. The van der Waals surface area contributed by atoms with Crippen molar-refractivity contribution in [3.63, 3.8) is 0 Å². The molecule has 4 heteroatoms. The Morgan fingerprint density at radius 1 is 1.04 bits per heavy atom. The molecule has 4 nitrogen and oxygen atoms in total. The van der Waals surface area contributed by atoms with Crippen molar-refractivity contribution >= 4 is 5.69 Å². The molecule has 0 radical (unpaired) electrons. The fraction of sp³-hybridized carbons (Fsp3) is 0.368. The molecule has 122 valence electrons. The number of para-hydroxylation sites is 2. The van der Waals surface area contributed by atoms with Crippen LogP contribution in [0.2, 0.25) is 0 Å². The van der Waals surface area contributed by atoms with Gasteiger partial charge in [-0.2, -0.15) is 0 Å². The largest absolute Gasteiger partial charge is 0.496 e. The number of methoxy groups -OCH3 is 1. The summed E-state index contributed by atoms with van der Waals surface area (Å²) in [5.74, 6) is 0.985. The van der Waals surface area contributed by atoms with Crippen LogP contribution < -0.4 is 20.3 Å². The van der Waals surface area contributed by atoms with E-state index in [1.165, 1.54) is 11.3 Å². The van der Waals surface area contributed by atoms with Crippen LogP contribution in [0.4, 0.5) is 5.69 Å². The summed E-state index contributed by atoms with van der Waals surface area (Å²) in [5, 5.41) is 0. The maximum absolute atomic E-state index is 5.56. The van der Waals surface area contributed by atoms with Gasteiger partial charge in [0.05, 0.1) is 38.9 Å². The summed E-state index contributed by atoms with van der Waals surface area (Å²) in [5.41, 5.74) is 6.81. The molecule has 1 saturated heterocycles. The lowest BCUT2D eigenvalue weighted by molar-refractivity contribution is -0.938. The van der Waals surface area contributed by atoms with Gasteiger partial charge in [0.1, 0.15) is 12.3 Å². The topological polar surface area (TPSA) is 44.6 Å². The van der Waals surface area contributed by atoms with Crippen LogP contribution in [-0.2, 0) is 0 Å². The second-order valence-corrected chi connectivity index (χ2v) is 6.06. The summed E-state index contributed by atoms with van der Waals surface area (Å²) in [7, 11) is 1.75. The quantitative estimate of drug-likeness (QED) is 0.838. The van der Waals surface area contributed by atoms with Crippen molar-refractivity contribution in [2.45, 2.75) is 6.04 Å². The van der Waals surface area contributed by atoms with Crippen LogP contribution in [-0.4, -0.2) is 39.8 Å². The predicted octanol–water partition coefficient (Wildman–Crippen LogP) is 0.383. The van der Waals surface area contributed by atoms with Crippen LogP contribution in [0.25, 0.3) is 0 Å². The molecule has 1 aliphatic heterocycles. The van der Waals surface area contributed by atoms with E-state index in [1.54, 1.807) is 12.0 Å². The molecule has 0 aromatic heterocycles. The van der Waals surface area contributed by atoms with E-state index in [0.717, 1.165) is 38.5 Å². The van der Waals surface area contributed by atoms with Gasteiger partial charge >= 0.3 is 0 Å². The maximum Gasteiger partial charge on any atom is 0.166 e. The van der Waals surface area contributed by atoms with E-state index in [9.17, 15) is 0 Å². The number of nitrogens with zero attached hydrogens (tertiary/aromatic N) is 1. The highest BCUT2D eigenvalue weighted by Gasteiger charge is 2.30. The molecule has 1 heterocycles. The molecule has 0 amide bonds. The summed E-state index contributed by atoms with van der Waals surface area (Å²) >= 11 is 0. The van der Waals surface area contributed by atoms with Gasteiger partial charge in [0.2, 0.25) is 0 Å². The van der Waals surface area contributed by atoms with Crippen LogP contribution in [0.5, 0.6) is 5.75 Å². The first kappa shape index (κ1) is 15.8. The molecule has 2 aromatic rings. The molecular weight excluding hydrogens is 286 g/mol. The van der Waals surface area contributed by atoms with Crippen molar-refractivity contribution in [3.8, 4) is 5.75 Å². The number of nitrogens with one attached hydrogen (secondary N) is 1. The van der Waals surface area contributed by atoms with E-state index in [1.807, 2.05) is 6.07 Å². The Balaban J connectivity index is 1.70. The van der Waals surface area contributed by atoms with E-state index < -0.39 is 0 Å². The normalized spacial score (nSPS) is 17.0. The van der Waals surface area contributed by atoms with Crippen LogP contribution >= 0.6 is 0 Å². The van der Waals surface area contributed by atoms with E-state index in [0.29, 0.717) is 6.04 Å². The van der Waals surface area contributed by atoms with E-state index in [-0.39, 0.29) is 0 Å². The second kappa shape index (κ2) is 7.49. The molecule has 1 atom stereocenters. The van der Waals surface area contributed by atoms with Gasteiger partial charge in [-0.15, -0.1) is 0 Å². The third-order valence-electron chi connectivity index (χ3n) is 4.82. The third kappa shape index (κ3) is 3.49. The number of ether oxygens (including phenoxy) is 1. The SMILES string of the molecule is COc1ccccc1[C@H](C[NH3+])[NH+]1CCN(c2ccccc2)CC1. The smallest absolute Gasteiger partial charge is 0.166 e. The lowest BCUT2D eigenvalue weighted by Crippen LogP contribution is -3.16. The lowest BCUT2D eigenvalue weighted by atomic mass is 10.0. The Morgan fingerprint density at radius 3 is 2.35 bits per heavy atom. The summed E-state index contributed by atoms with van der Waals surface area (Å²) in [6, 6.07) is 19.5. The number of hydrogen-bond donors (Lipinski definition) is 2. The Hall–Kier alpha value is -2.04. The molecule has 0 bridgehead atoms. The van der Waals surface area contributed by atoms with Gasteiger partial charge in [0.25, 0.3) is 0 Å². The van der Waals surface area contributed by atoms with Gasteiger partial charge in [-0.3, -0.25) is 0 Å². The molecule has 23 heavy (non-hydrogen) atoms. The molecule has 4 N–H and O–H groups in total. The first-order valence-corrected chi connectivity index (χ1v) is 8.40. The van der Waals surface area contributed by atoms with Gasteiger partial charge in [-0.1, -0.05) is 30.3 Å². The van der Waals surface area contributed by atoms with Gasteiger partial charge in [0, 0.05) is 5.69 Å². The average molecular weight is 313 g/mol. The standard InChI is InChI=1S/C19H25N3O/c1-23-19-10-6-5-9-17(19)18(15-20)22-13-11-21(12-14-22)16-7-3-2-4-8-16/h2-10,18H,11-15,20H2,1H3/p+2/t18-/m0/s1. The van der Waals surface area contributed by atoms with Gasteiger partial charge < -0.3 is 20.3 Å². The van der Waals surface area contributed by atoms with Gasteiger partial charge in [0.15, 0.2) is 6.04 Å². The molecule has 0 aliphatic carbocycles. The average Bonchev–Trinajstić information content (AvgIpc) is 2.64. The summed E-state index contributed by atoms with van der Waals surface area (Å²) in [6.07, 6.45) is 0. The predicted molar refractivity (Wildman–Crippen MR) is 92.8 cm³/mol.